The number of primary amides is 1. The second kappa shape index (κ2) is 9.64. The van der Waals surface area contributed by atoms with Crippen LogP contribution in [-0.2, 0) is 11.3 Å². The predicted molar refractivity (Wildman–Crippen MR) is 99.5 cm³/mol. The van der Waals surface area contributed by atoms with Crippen molar-refractivity contribution in [3.05, 3.63) is 26.6 Å². The molecule has 1 fully saturated rings. The molecule has 0 spiro atoms. The summed E-state index contributed by atoms with van der Waals surface area (Å²) < 4.78 is 7.06. The molecule has 0 bridgehead atoms. The lowest BCUT2D eigenvalue weighted by atomic mass is 9.96. The van der Waals surface area contributed by atoms with E-state index in [0.717, 1.165) is 15.5 Å². The zero-order valence-corrected chi connectivity index (χ0v) is 16.4. The van der Waals surface area contributed by atoms with Crippen LogP contribution in [0, 0.1) is 0 Å². The van der Waals surface area contributed by atoms with E-state index in [2.05, 4.69) is 37.2 Å². The lowest BCUT2D eigenvalue weighted by molar-refractivity contribution is -0.119. The molecule has 0 aliphatic heterocycles. The average molecular weight is 448 g/mol. The highest BCUT2D eigenvalue weighted by Crippen LogP contribution is 2.34. The first-order chi connectivity index (χ1) is 11.1. The molecule has 1 aromatic rings. The van der Waals surface area contributed by atoms with Crippen molar-refractivity contribution in [2.75, 3.05) is 6.61 Å². The molecule has 0 radical (unpaired) electrons. The van der Waals surface area contributed by atoms with Gasteiger partial charge in [-0.3, -0.25) is 4.79 Å². The Labute approximate surface area is 154 Å². The Morgan fingerprint density at radius 2 is 1.70 bits per heavy atom. The summed E-state index contributed by atoms with van der Waals surface area (Å²) in [5.74, 6) is 0.123. The van der Waals surface area contributed by atoms with E-state index in [9.17, 15) is 4.79 Å². The zero-order chi connectivity index (χ0) is 16.7. The third-order valence-corrected chi connectivity index (χ3v) is 5.29. The molecule has 2 rings (SSSR count). The number of ether oxygens (including phenoxy) is 1. The molecule has 3 N–H and O–H groups in total. The van der Waals surface area contributed by atoms with Gasteiger partial charge in [0.2, 0.25) is 0 Å². The predicted octanol–water partition coefficient (Wildman–Crippen LogP) is 4.28. The number of nitrogens with one attached hydrogen (secondary N) is 1. The number of carbonyl (C=O) groups is 1. The molecule has 1 saturated carbocycles. The summed E-state index contributed by atoms with van der Waals surface area (Å²) in [5, 5.41) is 3.67. The van der Waals surface area contributed by atoms with E-state index in [4.69, 9.17) is 10.5 Å². The van der Waals surface area contributed by atoms with Gasteiger partial charge in [-0.2, -0.15) is 0 Å². The number of rotatable bonds is 6. The molecule has 0 saturated heterocycles. The zero-order valence-electron chi connectivity index (χ0n) is 13.2. The van der Waals surface area contributed by atoms with Crippen molar-refractivity contribution in [2.45, 2.75) is 57.5 Å². The second-order valence-electron chi connectivity index (χ2n) is 6.07. The lowest BCUT2D eigenvalue weighted by Crippen LogP contribution is -2.29. The van der Waals surface area contributed by atoms with Gasteiger partial charge in [0.15, 0.2) is 6.61 Å². The van der Waals surface area contributed by atoms with Crippen LogP contribution in [0.5, 0.6) is 5.75 Å². The van der Waals surface area contributed by atoms with Crippen LogP contribution in [0.3, 0.4) is 0 Å². The minimum atomic E-state index is -0.487. The number of halogens is 2. The van der Waals surface area contributed by atoms with Gasteiger partial charge in [0.05, 0.1) is 8.95 Å². The molecule has 0 atom stereocenters. The van der Waals surface area contributed by atoms with Crippen LogP contribution in [0.1, 0.15) is 50.5 Å². The Bertz CT molecular complexity index is 506. The monoisotopic (exact) mass is 446 g/mol. The van der Waals surface area contributed by atoms with Gasteiger partial charge in [-0.15, -0.1) is 0 Å². The summed E-state index contributed by atoms with van der Waals surface area (Å²) in [6.07, 6.45) is 9.29. The highest BCUT2D eigenvalue weighted by molar-refractivity contribution is 9.11. The lowest BCUT2D eigenvalue weighted by Gasteiger charge is -2.21. The molecule has 1 aromatic carbocycles. The van der Waals surface area contributed by atoms with Gasteiger partial charge < -0.3 is 15.8 Å². The van der Waals surface area contributed by atoms with Gasteiger partial charge in [-0.1, -0.05) is 32.1 Å². The van der Waals surface area contributed by atoms with E-state index in [1.165, 1.54) is 50.5 Å². The molecule has 6 heteroatoms. The van der Waals surface area contributed by atoms with E-state index < -0.39 is 5.91 Å². The maximum atomic E-state index is 10.8. The highest BCUT2D eigenvalue weighted by atomic mass is 79.9. The quantitative estimate of drug-likeness (QED) is 0.683. The first kappa shape index (κ1) is 18.7. The largest absolute Gasteiger partial charge is 0.481 e. The maximum Gasteiger partial charge on any atom is 0.255 e. The van der Waals surface area contributed by atoms with E-state index in [0.29, 0.717) is 11.8 Å². The summed E-state index contributed by atoms with van der Waals surface area (Å²) in [6.45, 7) is 0.703. The van der Waals surface area contributed by atoms with Crippen molar-refractivity contribution in [1.82, 2.24) is 5.32 Å². The molecule has 1 aliphatic rings. The number of benzene rings is 1. The summed E-state index contributed by atoms with van der Waals surface area (Å²) in [4.78, 5) is 10.8. The summed E-state index contributed by atoms with van der Waals surface area (Å²) in [7, 11) is 0. The maximum absolute atomic E-state index is 10.8. The number of amides is 1. The van der Waals surface area contributed by atoms with Crippen LogP contribution in [0.25, 0.3) is 0 Å². The number of nitrogens with two attached hydrogens (primary N) is 1. The van der Waals surface area contributed by atoms with Gasteiger partial charge in [-0.05, 0) is 62.4 Å². The normalized spacial score (nSPS) is 16.6. The van der Waals surface area contributed by atoms with Crippen molar-refractivity contribution >= 4 is 37.8 Å². The molecular formula is C17H24Br2N2O2. The minimum absolute atomic E-state index is 0.128. The van der Waals surface area contributed by atoms with Gasteiger partial charge >= 0.3 is 0 Å². The van der Waals surface area contributed by atoms with E-state index in [1.54, 1.807) is 0 Å². The Morgan fingerprint density at radius 1 is 1.13 bits per heavy atom. The fraction of sp³-hybridized carbons (Fsp3) is 0.588. The number of hydrogen-bond acceptors (Lipinski definition) is 3. The summed E-state index contributed by atoms with van der Waals surface area (Å²) in [5.41, 5.74) is 6.30. The molecular weight excluding hydrogens is 424 g/mol. The van der Waals surface area contributed by atoms with Crippen LogP contribution in [0.15, 0.2) is 21.1 Å². The van der Waals surface area contributed by atoms with Gasteiger partial charge in [0.25, 0.3) is 5.91 Å². The fourth-order valence-corrected chi connectivity index (χ4v) is 4.43. The smallest absolute Gasteiger partial charge is 0.255 e. The van der Waals surface area contributed by atoms with Crippen molar-refractivity contribution in [1.29, 1.82) is 0 Å². The Hall–Kier alpha value is -0.590. The SMILES string of the molecule is NC(=O)COc1c(Br)cc(CNC2CCCCCCC2)cc1Br. The first-order valence-electron chi connectivity index (χ1n) is 8.18. The minimum Gasteiger partial charge on any atom is -0.481 e. The number of hydrogen-bond donors (Lipinski definition) is 2. The second-order valence-corrected chi connectivity index (χ2v) is 7.78. The van der Waals surface area contributed by atoms with Crippen LogP contribution in [0.2, 0.25) is 0 Å². The van der Waals surface area contributed by atoms with Crippen LogP contribution in [0.4, 0.5) is 0 Å². The molecule has 0 heterocycles. The Balaban J connectivity index is 1.93. The van der Waals surface area contributed by atoms with Crippen LogP contribution < -0.4 is 15.8 Å². The summed E-state index contributed by atoms with van der Waals surface area (Å²) >= 11 is 7.00. The molecule has 23 heavy (non-hydrogen) atoms. The van der Waals surface area contributed by atoms with Crippen molar-refractivity contribution in [2.24, 2.45) is 5.73 Å². The van der Waals surface area contributed by atoms with Gasteiger partial charge in [-0.25, -0.2) is 0 Å². The Kier molecular flexibility index (Phi) is 7.86. The number of carbonyl (C=O) groups excluding carboxylic acids is 1. The van der Waals surface area contributed by atoms with Crippen molar-refractivity contribution in [3.63, 3.8) is 0 Å². The van der Waals surface area contributed by atoms with Gasteiger partial charge in [0, 0.05) is 12.6 Å². The van der Waals surface area contributed by atoms with E-state index in [1.807, 2.05) is 12.1 Å². The standard InChI is InChI=1S/C17H24Br2N2O2/c18-14-8-12(9-15(19)17(14)23-11-16(20)22)10-21-13-6-4-2-1-3-5-7-13/h8-9,13,21H,1-7,10-11H2,(H2,20,22). The molecule has 128 valence electrons. The molecule has 1 aliphatic carbocycles. The average Bonchev–Trinajstić information content (AvgIpc) is 2.45. The highest BCUT2D eigenvalue weighted by Gasteiger charge is 2.13. The summed E-state index contributed by atoms with van der Waals surface area (Å²) in [6, 6.07) is 4.66. The van der Waals surface area contributed by atoms with Gasteiger partial charge in [0.1, 0.15) is 5.75 Å². The first-order valence-corrected chi connectivity index (χ1v) is 9.77. The molecule has 0 aromatic heterocycles. The molecule has 0 unspecified atom stereocenters. The van der Waals surface area contributed by atoms with Crippen molar-refractivity contribution < 1.29 is 9.53 Å². The topological polar surface area (TPSA) is 64.4 Å². The third-order valence-electron chi connectivity index (χ3n) is 4.12. The third kappa shape index (κ3) is 6.43. The van der Waals surface area contributed by atoms with E-state index in [-0.39, 0.29) is 6.61 Å². The Morgan fingerprint density at radius 3 is 2.26 bits per heavy atom. The van der Waals surface area contributed by atoms with Crippen LogP contribution in [-0.4, -0.2) is 18.6 Å². The fourth-order valence-electron chi connectivity index (χ4n) is 2.92. The molecule has 1 amide bonds. The van der Waals surface area contributed by atoms with Crippen molar-refractivity contribution in [3.8, 4) is 5.75 Å². The molecule has 4 nitrogen and oxygen atoms in total. The van der Waals surface area contributed by atoms with E-state index >= 15 is 0 Å². The van der Waals surface area contributed by atoms with Crippen LogP contribution >= 0.6 is 31.9 Å².